The zero-order valence-electron chi connectivity index (χ0n) is 21.9. The largest absolute Gasteiger partial charge is 0.381 e. The number of halogens is 1. The standard InChI is InChI=1S/C31H40FN3O2/c32-31(13-17-33(18-14-31)21-24-11-19-37-20-12-24)30(36)34-15-9-27(10-16-34)35-22-25-5-1-3-7-28(25)29-8-4-2-6-26(29)23-35/h1-8,24,27H,9-23H2. The predicted octanol–water partition coefficient (Wildman–Crippen LogP) is 4.89. The number of likely N-dealkylation sites (tertiary alicyclic amines) is 2. The molecule has 37 heavy (non-hydrogen) atoms. The average Bonchev–Trinajstić information content (AvgIpc) is 3.12. The van der Waals surface area contributed by atoms with Gasteiger partial charge < -0.3 is 14.5 Å². The molecule has 0 unspecified atom stereocenters. The van der Waals surface area contributed by atoms with Crippen LogP contribution in [-0.2, 0) is 22.6 Å². The minimum atomic E-state index is -1.69. The fourth-order valence-corrected chi connectivity index (χ4v) is 6.91. The molecule has 6 rings (SSSR count). The Morgan fingerprint density at radius 3 is 2.00 bits per heavy atom. The Morgan fingerprint density at radius 1 is 0.838 bits per heavy atom. The van der Waals surface area contributed by atoms with Gasteiger partial charge in [0.05, 0.1) is 0 Å². The third-order valence-electron chi connectivity index (χ3n) is 9.23. The van der Waals surface area contributed by atoms with Gasteiger partial charge in [-0.15, -0.1) is 0 Å². The van der Waals surface area contributed by atoms with Gasteiger partial charge in [0, 0.05) is 77.9 Å². The number of amides is 1. The molecule has 3 saturated heterocycles. The number of hydrogen-bond acceptors (Lipinski definition) is 4. The van der Waals surface area contributed by atoms with Crippen LogP contribution < -0.4 is 0 Å². The van der Waals surface area contributed by atoms with Crippen molar-refractivity contribution in [2.24, 2.45) is 5.92 Å². The summed E-state index contributed by atoms with van der Waals surface area (Å²) < 4.78 is 21.4. The first-order valence-corrected chi connectivity index (χ1v) is 14.3. The molecule has 1 amide bonds. The number of nitrogens with zero attached hydrogens (tertiary/aromatic N) is 3. The molecule has 0 spiro atoms. The third-order valence-corrected chi connectivity index (χ3v) is 9.23. The number of alkyl halides is 1. The summed E-state index contributed by atoms with van der Waals surface area (Å²) in [6, 6.07) is 17.8. The van der Waals surface area contributed by atoms with Gasteiger partial charge in [0.1, 0.15) is 0 Å². The van der Waals surface area contributed by atoms with E-state index >= 15 is 4.39 Å². The van der Waals surface area contributed by atoms with Crippen LogP contribution >= 0.6 is 0 Å². The molecule has 4 aliphatic heterocycles. The van der Waals surface area contributed by atoms with Gasteiger partial charge in [0.15, 0.2) is 5.67 Å². The van der Waals surface area contributed by atoms with E-state index in [1.165, 1.54) is 22.3 Å². The van der Waals surface area contributed by atoms with E-state index < -0.39 is 5.67 Å². The Balaban J connectivity index is 1.05. The van der Waals surface area contributed by atoms with E-state index in [-0.39, 0.29) is 5.91 Å². The van der Waals surface area contributed by atoms with Crippen molar-refractivity contribution in [3.05, 3.63) is 59.7 Å². The first kappa shape index (κ1) is 25.0. The van der Waals surface area contributed by atoms with E-state index in [0.717, 1.165) is 58.5 Å². The molecular formula is C31H40FN3O2. The van der Waals surface area contributed by atoms with Gasteiger partial charge in [-0.05, 0) is 53.9 Å². The molecule has 198 valence electrons. The van der Waals surface area contributed by atoms with Gasteiger partial charge >= 0.3 is 0 Å². The maximum atomic E-state index is 15.9. The molecule has 0 radical (unpaired) electrons. The van der Waals surface area contributed by atoms with Gasteiger partial charge in [-0.3, -0.25) is 9.69 Å². The first-order valence-electron chi connectivity index (χ1n) is 14.3. The monoisotopic (exact) mass is 505 g/mol. The number of carbonyl (C=O) groups excluding carboxylic acids is 1. The summed E-state index contributed by atoms with van der Waals surface area (Å²) in [5, 5.41) is 0. The zero-order valence-corrected chi connectivity index (χ0v) is 21.9. The summed E-state index contributed by atoms with van der Waals surface area (Å²) >= 11 is 0. The lowest BCUT2D eigenvalue weighted by molar-refractivity contribution is -0.149. The normalized spacial score (nSPS) is 23.8. The second kappa shape index (κ2) is 10.8. The predicted molar refractivity (Wildman–Crippen MR) is 144 cm³/mol. The highest BCUT2D eigenvalue weighted by molar-refractivity contribution is 5.85. The fraction of sp³-hybridized carbons (Fsp3) is 0.581. The molecule has 3 fully saturated rings. The van der Waals surface area contributed by atoms with E-state index in [1.807, 2.05) is 4.90 Å². The maximum absolute atomic E-state index is 15.9. The molecule has 4 aliphatic rings. The number of hydrogen-bond donors (Lipinski definition) is 0. The second-order valence-electron chi connectivity index (χ2n) is 11.6. The number of rotatable bonds is 4. The molecule has 2 aromatic carbocycles. The van der Waals surface area contributed by atoms with E-state index in [4.69, 9.17) is 4.74 Å². The molecule has 0 aromatic heterocycles. The Hall–Kier alpha value is -2.28. The molecule has 2 aromatic rings. The Bertz CT molecular complexity index is 1040. The van der Waals surface area contributed by atoms with Gasteiger partial charge in [-0.1, -0.05) is 48.5 Å². The number of ether oxygens (including phenoxy) is 1. The van der Waals surface area contributed by atoms with Crippen molar-refractivity contribution in [2.75, 3.05) is 45.9 Å². The first-order chi connectivity index (χ1) is 18.1. The second-order valence-corrected chi connectivity index (χ2v) is 11.6. The lowest BCUT2D eigenvalue weighted by Crippen LogP contribution is -2.55. The molecule has 0 aliphatic carbocycles. The minimum absolute atomic E-state index is 0.261. The van der Waals surface area contributed by atoms with Crippen LogP contribution in [0.25, 0.3) is 11.1 Å². The van der Waals surface area contributed by atoms with Crippen molar-refractivity contribution >= 4 is 5.91 Å². The quantitative estimate of drug-likeness (QED) is 0.593. The van der Waals surface area contributed by atoms with Crippen LogP contribution in [0.1, 0.15) is 49.7 Å². The highest BCUT2D eigenvalue weighted by Gasteiger charge is 2.45. The average molecular weight is 506 g/mol. The summed E-state index contributed by atoms with van der Waals surface area (Å²) in [5.41, 5.74) is 3.69. The van der Waals surface area contributed by atoms with Crippen molar-refractivity contribution < 1.29 is 13.9 Å². The van der Waals surface area contributed by atoms with Crippen LogP contribution in [0.3, 0.4) is 0 Å². The highest BCUT2D eigenvalue weighted by atomic mass is 19.1. The van der Waals surface area contributed by atoms with E-state index in [1.54, 1.807) is 0 Å². The van der Waals surface area contributed by atoms with Crippen molar-refractivity contribution in [2.45, 2.75) is 63.3 Å². The number of carbonyl (C=O) groups is 1. The Morgan fingerprint density at radius 2 is 1.41 bits per heavy atom. The van der Waals surface area contributed by atoms with E-state index in [9.17, 15) is 4.79 Å². The molecule has 6 heteroatoms. The van der Waals surface area contributed by atoms with E-state index in [2.05, 4.69) is 58.3 Å². The van der Waals surface area contributed by atoms with Gasteiger partial charge in [-0.2, -0.15) is 0 Å². The summed E-state index contributed by atoms with van der Waals surface area (Å²) in [7, 11) is 0. The van der Waals surface area contributed by atoms with Crippen LogP contribution in [0, 0.1) is 5.92 Å². The van der Waals surface area contributed by atoms with Crippen LogP contribution in [0.4, 0.5) is 4.39 Å². The molecule has 0 saturated carbocycles. The van der Waals surface area contributed by atoms with Gasteiger partial charge in [0.25, 0.3) is 5.91 Å². The van der Waals surface area contributed by atoms with Crippen LogP contribution in [0.15, 0.2) is 48.5 Å². The van der Waals surface area contributed by atoms with E-state index in [0.29, 0.717) is 51.0 Å². The summed E-state index contributed by atoms with van der Waals surface area (Å²) in [5.74, 6) is 0.386. The zero-order chi connectivity index (χ0) is 25.2. The Labute approximate surface area is 220 Å². The molecule has 4 heterocycles. The maximum Gasteiger partial charge on any atom is 0.260 e. The van der Waals surface area contributed by atoms with Crippen LogP contribution in [0.5, 0.6) is 0 Å². The van der Waals surface area contributed by atoms with Crippen molar-refractivity contribution in [3.8, 4) is 11.1 Å². The SMILES string of the molecule is O=C(N1CCC(N2Cc3ccccc3-c3ccccc3C2)CC1)C1(F)CCN(CC2CCOCC2)CC1. The number of benzene rings is 2. The van der Waals surface area contributed by atoms with Crippen LogP contribution in [-0.4, -0.2) is 78.3 Å². The molecule has 0 atom stereocenters. The smallest absolute Gasteiger partial charge is 0.260 e. The summed E-state index contributed by atoms with van der Waals surface area (Å²) in [6.45, 7) is 7.21. The van der Waals surface area contributed by atoms with Crippen LogP contribution in [0.2, 0.25) is 0 Å². The number of fused-ring (bicyclic) bond motifs is 3. The molecular weight excluding hydrogens is 465 g/mol. The molecule has 0 N–H and O–H groups in total. The molecule has 0 bridgehead atoms. The van der Waals surface area contributed by atoms with Crippen molar-refractivity contribution in [1.82, 2.24) is 14.7 Å². The lowest BCUT2D eigenvalue weighted by Gasteiger charge is -2.43. The lowest BCUT2D eigenvalue weighted by atomic mass is 9.89. The van der Waals surface area contributed by atoms with Gasteiger partial charge in [-0.25, -0.2) is 4.39 Å². The fourth-order valence-electron chi connectivity index (χ4n) is 6.91. The summed E-state index contributed by atoms with van der Waals surface area (Å²) in [6.07, 6.45) is 4.66. The number of piperidine rings is 2. The van der Waals surface area contributed by atoms with Crippen molar-refractivity contribution in [3.63, 3.8) is 0 Å². The molecule has 5 nitrogen and oxygen atoms in total. The Kier molecular flexibility index (Phi) is 7.33. The summed E-state index contributed by atoms with van der Waals surface area (Å²) in [4.78, 5) is 20.1. The van der Waals surface area contributed by atoms with Crippen molar-refractivity contribution in [1.29, 1.82) is 0 Å². The topological polar surface area (TPSA) is 36.0 Å². The highest BCUT2D eigenvalue weighted by Crippen LogP contribution is 2.36. The minimum Gasteiger partial charge on any atom is -0.381 e. The van der Waals surface area contributed by atoms with Gasteiger partial charge in [0.2, 0.25) is 0 Å². The third kappa shape index (κ3) is 5.34.